The van der Waals surface area contributed by atoms with Crippen molar-refractivity contribution in [1.29, 1.82) is 0 Å². The molecule has 0 bridgehead atoms. The standard InChI is InChI=1S/C9H17NO4S/c1-2-15(12,13)8-7-14-9(11)10-5-3-4-6-10/h2-8H2,1H3. The molecule has 0 unspecified atom stereocenters. The van der Waals surface area contributed by atoms with Gasteiger partial charge in [-0.3, -0.25) is 0 Å². The second kappa shape index (κ2) is 5.34. The van der Waals surface area contributed by atoms with E-state index in [1.807, 2.05) is 0 Å². The Morgan fingerprint density at radius 2 is 1.93 bits per heavy atom. The average Bonchev–Trinajstić information content (AvgIpc) is 2.70. The van der Waals surface area contributed by atoms with Crippen LogP contribution in [0, 0.1) is 0 Å². The van der Waals surface area contributed by atoms with Crippen molar-refractivity contribution in [2.24, 2.45) is 0 Å². The predicted molar refractivity (Wildman–Crippen MR) is 56.5 cm³/mol. The summed E-state index contributed by atoms with van der Waals surface area (Å²) in [6, 6.07) is 0. The van der Waals surface area contributed by atoms with Gasteiger partial charge in [0.2, 0.25) is 0 Å². The van der Waals surface area contributed by atoms with Crippen LogP contribution in [0.25, 0.3) is 0 Å². The van der Waals surface area contributed by atoms with Gasteiger partial charge in [-0.05, 0) is 12.8 Å². The van der Waals surface area contributed by atoms with Gasteiger partial charge in [0.1, 0.15) is 6.61 Å². The van der Waals surface area contributed by atoms with Gasteiger partial charge in [-0.1, -0.05) is 6.92 Å². The summed E-state index contributed by atoms with van der Waals surface area (Å²) in [7, 11) is -3.03. The molecule has 1 aliphatic rings. The molecule has 0 radical (unpaired) electrons. The summed E-state index contributed by atoms with van der Waals surface area (Å²) < 4.78 is 27.1. The lowest BCUT2D eigenvalue weighted by Gasteiger charge is -2.14. The predicted octanol–water partition coefficient (Wildman–Crippen LogP) is 0.653. The maximum absolute atomic E-state index is 11.3. The molecule has 5 nitrogen and oxygen atoms in total. The third kappa shape index (κ3) is 4.07. The van der Waals surface area contributed by atoms with Crippen LogP contribution in [0.4, 0.5) is 4.79 Å². The zero-order valence-electron chi connectivity index (χ0n) is 8.94. The van der Waals surface area contributed by atoms with Crippen molar-refractivity contribution in [3.05, 3.63) is 0 Å². The molecule has 0 aromatic heterocycles. The number of carbonyl (C=O) groups excluding carboxylic acids is 1. The maximum Gasteiger partial charge on any atom is 0.409 e. The third-order valence-electron chi connectivity index (χ3n) is 2.42. The van der Waals surface area contributed by atoms with Gasteiger partial charge in [0.05, 0.1) is 5.75 Å². The van der Waals surface area contributed by atoms with Crippen LogP contribution in [0.15, 0.2) is 0 Å². The Bertz CT molecular complexity index is 306. The minimum absolute atomic E-state index is 0.0362. The average molecular weight is 235 g/mol. The van der Waals surface area contributed by atoms with Crippen molar-refractivity contribution in [1.82, 2.24) is 4.90 Å². The fourth-order valence-corrected chi connectivity index (χ4v) is 2.02. The number of sulfone groups is 1. The largest absolute Gasteiger partial charge is 0.448 e. The summed E-state index contributed by atoms with van der Waals surface area (Å²) in [6.45, 7) is 2.99. The van der Waals surface area contributed by atoms with Gasteiger partial charge in [0.15, 0.2) is 9.84 Å². The van der Waals surface area contributed by atoms with Gasteiger partial charge in [-0.15, -0.1) is 0 Å². The van der Waals surface area contributed by atoms with Crippen LogP contribution in [0.1, 0.15) is 19.8 Å². The number of ether oxygens (including phenoxy) is 1. The molecule has 0 spiro atoms. The molecule has 1 fully saturated rings. The van der Waals surface area contributed by atoms with Crippen LogP contribution in [0.3, 0.4) is 0 Å². The number of nitrogens with zero attached hydrogens (tertiary/aromatic N) is 1. The second-order valence-corrected chi connectivity index (χ2v) is 6.02. The summed E-state index contributed by atoms with van der Waals surface area (Å²) >= 11 is 0. The highest BCUT2D eigenvalue weighted by atomic mass is 32.2. The van der Waals surface area contributed by atoms with Crippen LogP contribution in [0.5, 0.6) is 0 Å². The van der Waals surface area contributed by atoms with E-state index in [1.165, 1.54) is 0 Å². The molecule has 15 heavy (non-hydrogen) atoms. The van der Waals surface area contributed by atoms with Gasteiger partial charge in [0, 0.05) is 18.8 Å². The monoisotopic (exact) mass is 235 g/mol. The van der Waals surface area contributed by atoms with E-state index < -0.39 is 9.84 Å². The van der Waals surface area contributed by atoms with Crippen molar-refractivity contribution < 1.29 is 17.9 Å². The zero-order valence-corrected chi connectivity index (χ0v) is 9.75. The molecule has 0 aliphatic carbocycles. The Morgan fingerprint density at radius 1 is 1.33 bits per heavy atom. The van der Waals surface area contributed by atoms with E-state index in [0.29, 0.717) is 0 Å². The number of hydrogen-bond acceptors (Lipinski definition) is 4. The number of rotatable bonds is 4. The van der Waals surface area contributed by atoms with Gasteiger partial charge >= 0.3 is 6.09 Å². The Morgan fingerprint density at radius 3 is 2.47 bits per heavy atom. The van der Waals surface area contributed by atoms with E-state index in [-0.39, 0.29) is 24.2 Å². The van der Waals surface area contributed by atoms with Crippen LogP contribution in [0.2, 0.25) is 0 Å². The van der Waals surface area contributed by atoms with Gasteiger partial charge in [-0.2, -0.15) is 0 Å². The zero-order chi connectivity index (χ0) is 11.3. The third-order valence-corrected chi connectivity index (χ3v) is 4.09. The normalized spacial score (nSPS) is 16.7. The second-order valence-electron chi connectivity index (χ2n) is 3.54. The highest BCUT2D eigenvalue weighted by Gasteiger charge is 2.19. The molecular formula is C9H17NO4S. The molecule has 1 amide bonds. The summed E-state index contributed by atoms with van der Waals surface area (Å²) in [5, 5.41) is 0. The number of carbonyl (C=O) groups is 1. The highest BCUT2D eigenvalue weighted by Crippen LogP contribution is 2.08. The molecule has 1 rings (SSSR count). The lowest BCUT2D eigenvalue weighted by Crippen LogP contribution is -2.30. The molecule has 6 heteroatoms. The topological polar surface area (TPSA) is 63.7 Å². The lowest BCUT2D eigenvalue weighted by molar-refractivity contribution is 0.116. The fourth-order valence-electron chi connectivity index (χ4n) is 1.39. The molecule has 1 aliphatic heterocycles. The van der Waals surface area contributed by atoms with Gasteiger partial charge < -0.3 is 9.64 Å². The quantitative estimate of drug-likeness (QED) is 0.718. The number of hydrogen-bond donors (Lipinski definition) is 0. The van der Waals surface area contributed by atoms with Crippen LogP contribution >= 0.6 is 0 Å². The Balaban J connectivity index is 2.22. The van der Waals surface area contributed by atoms with Crippen molar-refractivity contribution in [2.75, 3.05) is 31.2 Å². The molecule has 1 heterocycles. The van der Waals surface area contributed by atoms with Crippen molar-refractivity contribution >= 4 is 15.9 Å². The van der Waals surface area contributed by atoms with Crippen molar-refractivity contribution in [3.63, 3.8) is 0 Å². The molecule has 88 valence electrons. The molecule has 0 atom stereocenters. The molecular weight excluding hydrogens is 218 g/mol. The maximum atomic E-state index is 11.3. The van der Waals surface area contributed by atoms with E-state index in [9.17, 15) is 13.2 Å². The number of amides is 1. The summed E-state index contributed by atoms with van der Waals surface area (Å²) in [5.74, 6) is 0.0113. The first-order valence-electron chi connectivity index (χ1n) is 5.17. The summed E-state index contributed by atoms with van der Waals surface area (Å²) in [5.41, 5.74) is 0. The van der Waals surface area contributed by atoms with Crippen LogP contribution < -0.4 is 0 Å². The first-order valence-corrected chi connectivity index (χ1v) is 6.99. The van der Waals surface area contributed by atoms with E-state index in [0.717, 1.165) is 25.9 Å². The van der Waals surface area contributed by atoms with Crippen LogP contribution in [-0.4, -0.2) is 50.6 Å². The minimum Gasteiger partial charge on any atom is -0.448 e. The molecule has 1 saturated heterocycles. The van der Waals surface area contributed by atoms with Gasteiger partial charge in [0.25, 0.3) is 0 Å². The fraction of sp³-hybridized carbons (Fsp3) is 0.889. The first-order chi connectivity index (χ1) is 7.05. The first kappa shape index (κ1) is 12.3. The summed E-state index contributed by atoms with van der Waals surface area (Å²) in [6.07, 6.45) is 1.61. The van der Waals surface area contributed by atoms with Gasteiger partial charge in [-0.25, -0.2) is 13.2 Å². The van der Waals surface area contributed by atoms with Crippen LogP contribution in [-0.2, 0) is 14.6 Å². The molecule has 0 saturated carbocycles. The van der Waals surface area contributed by atoms with E-state index in [4.69, 9.17) is 4.74 Å². The van der Waals surface area contributed by atoms with E-state index in [2.05, 4.69) is 0 Å². The Kier molecular flexibility index (Phi) is 4.38. The van der Waals surface area contributed by atoms with Crippen molar-refractivity contribution in [3.8, 4) is 0 Å². The van der Waals surface area contributed by atoms with E-state index in [1.54, 1.807) is 11.8 Å². The number of likely N-dealkylation sites (tertiary alicyclic amines) is 1. The SMILES string of the molecule is CCS(=O)(=O)CCOC(=O)N1CCCC1. The Hall–Kier alpha value is -0.780. The minimum atomic E-state index is -3.03. The molecule has 0 N–H and O–H groups in total. The summed E-state index contributed by atoms with van der Waals surface area (Å²) in [4.78, 5) is 12.9. The highest BCUT2D eigenvalue weighted by molar-refractivity contribution is 7.91. The Labute approximate surface area is 90.3 Å². The smallest absolute Gasteiger partial charge is 0.409 e. The molecule has 0 aromatic rings. The molecule has 0 aromatic carbocycles. The lowest BCUT2D eigenvalue weighted by atomic mass is 10.4. The van der Waals surface area contributed by atoms with Crippen molar-refractivity contribution in [2.45, 2.75) is 19.8 Å². The van der Waals surface area contributed by atoms with E-state index >= 15 is 0 Å².